The molecule has 0 spiro atoms. The third kappa shape index (κ3) is 3.23. The van der Waals surface area contributed by atoms with Crippen LogP contribution in [-0.2, 0) is 0 Å². The quantitative estimate of drug-likeness (QED) is 0.617. The molecule has 0 aromatic heterocycles. The van der Waals surface area contributed by atoms with Crippen molar-refractivity contribution in [3.8, 4) is 0 Å². The molecule has 0 saturated heterocycles. The molecule has 0 saturated carbocycles. The molecule has 60 valence electrons. The van der Waals surface area contributed by atoms with Crippen LogP contribution in [0.4, 0.5) is 0 Å². The maximum absolute atomic E-state index is 5.44. The zero-order valence-electron chi connectivity index (χ0n) is 6.25. The molecular formula is C8H16ClN. The van der Waals surface area contributed by atoms with Crippen molar-refractivity contribution < 1.29 is 0 Å². The van der Waals surface area contributed by atoms with E-state index in [0.29, 0.717) is 0 Å². The maximum atomic E-state index is 5.44. The van der Waals surface area contributed by atoms with E-state index >= 15 is 0 Å². The molecule has 0 fully saturated rings. The first-order valence-corrected chi connectivity index (χ1v) is 3.78. The molecule has 1 nitrogen and oxygen atoms in total. The second-order valence-corrected chi connectivity index (χ2v) is 2.73. The van der Waals surface area contributed by atoms with Crippen molar-refractivity contribution in [3.05, 3.63) is 12.2 Å². The molecule has 0 aromatic rings. The first-order valence-electron chi connectivity index (χ1n) is 3.78. The first kappa shape index (κ1) is 9.99. The van der Waals surface area contributed by atoms with E-state index in [2.05, 4.69) is 12.2 Å². The van der Waals surface area contributed by atoms with E-state index in [-0.39, 0.29) is 12.4 Å². The molecular weight excluding hydrogens is 146 g/mol. The molecule has 0 radical (unpaired) electrons. The highest BCUT2D eigenvalue weighted by Crippen LogP contribution is 2.20. The third-order valence-corrected chi connectivity index (χ3v) is 1.95. The molecule has 1 aliphatic carbocycles. The van der Waals surface area contributed by atoms with E-state index in [1.807, 2.05) is 0 Å². The Hall–Kier alpha value is -0.0100. The molecule has 10 heavy (non-hydrogen) atoms. The van der Waals surface area contributed by atoms with E-state index in [0.717, 1.165) is 12.5 Å². The monoisotopic (exact) mass is 161 g/mol. The number of halogens is 1. The smallest absolute Gasteiger partial charge is 0.00745 e. The predicted octanol–water partition coefficient (Wildman–Crippen LogP) is 2.11. The molecule has 0 aromatic carbocycles. The summed E-state index contributed by atoms with van der Waals surface area (Å²) in [6, 6.07) is 0. The first-order chi connectivity index (χ1) is 4.43. The summed E-state index contributed by atoms with van der Waals surface area (Å²) in [6.45, 7) is 0.860. The summed E-state index contributed by atoms with van der Waals surface area (Å²) >= 11 is 0. The molecule has 2 N–H and O–H groups in total. The molecule has 0 amide bonds. The number of nitrogens with two attached hydrogens (primary N) is 1. The SMILES string of the molecule is Cl.NCCC1CC=CCC1. The maximum Gasteiger partial charge on any atom is -0.00745 e. The Kier molecular flexibility index (Phi) is 5.74. The summed E-state index contributed by atoms with van der Waals surface area (Å²) in [7, 11) is 0. The van der Waals surface area contributed by atoms with E-state index in [4.69, 9.17) is 5.73 Å². The van der Waals surface area contributed by atoms with E-state index < -0.39 is 0 Å². The van der Waals surface area contributed by atoms with Crippen molar-refractivity contribution in [2.24, 2.45) is 11.7 Å². The van der Waals surface area contributed by atoms with Gasteiger partial charge in [0, 0.05) is 0 Å². The van der Waals surface area contributed by atoms with Crippen LogP contribution in [0.15, 0.2) is 12.2 Å². The Morgan fingerprint density at radius 3 is 2.70 bits per heavy atom. The second kappa shape index (κ2) is 5.75. The highest BCUT2D eigenvalue weighted by molar-refractivity contribution is 5.85. The Labute approximate surface area is 69.1 Å². The van der Waals surface area contributed by atoms with Crippen molar-refractivity contribution in [1.82, 2.24) is 0 Å². The van der Waals surface area contributed by atoms with Gasteiger partial charge in [-0.25, -0.2) is 0 Å². The minimum Gasteiger partial charge on any atom is -0.330 e. The standard InChI is InChI=1S/C8H15N.ClH/c9-7-6-8-4-2-1-3-5-8;/h1-2,8H,3-7,9H2;1H. The second-order valence-electron chi connectivity index (χ2n) is 2.73. The Bertz CT molecular complexity index is 101. The minimum absolute atomic E-state index is 0. The Balaban J connectivity index is 0.000000810. The van der Waals surface area contributed by atoms with Gasteiger partial charge in [0.15, 0.2) is 0 Å². The highest BCUT2D eigenvalue weighted by Gasteiger charge is 2.07. The molecule has 0 bridgehead atoms. The van der Waals surface area contributed by atoms with Crippen molar-refractivity contribution in [1.29, 1.82) is 0 Å². The average molecular weight is 162 g/mol. The van der Waals surface area contributed by atoms with Crippen LogP contribution in [0.25, 0.3) is 0 Å². The zero-order valence-corrected chi connectivity index (χ0v) is 7.07. The lowest BCUT2D eigenvalue weighted by molar-refractivity contribution is 0.452. The van der Waals surface area contributed by atoms with Gasteiger partial charge in [-0.2, -0.15) is 0 Å². The van der Waals surface area contributed by atoms with Crippen LogP contribution in [0.5, 0.6) is 0 Å². The normalized spacial score (nSPS) is 23.9. The lowest BCUT2D eigenvalue weighted by atomic mass is 9.92. The van der Waals surface area contributed by atoms with Gasteiger partial charge in [0.25, 0.3) is 0 Å². The molecule has 1 aliphatic rings. The zero-order chi connectivity index (χ0) is 6.53. The van der Waals surface area contributed by atoms with Crippen LogP contribution in [0.1, 0.15) is 25.7 Å². The van der Waals surface area contributed by atoms with Gasteiger partial charge >= 0.3 is 0 Å². The van der Waals surface area contributed by atoms with Gasteiger partial charge < -0.3 is 5.73 Å². The number of hydrogen-bond acceptors (Lipinski definition) is 1. The van der Waals surface area contributed by atoms with Crippen molar-refractivity contribution >= 4 is 12.4 Å². The summed E-state index contributed by atoms with van der Waals surface area (Å²) in [5.41, 5.74) is 5.44. The molecule has 0 aliphatic heterocycles. The Morgan fingerprint density at radius 1 is 1.40 bits per heavy atom. The van der Waals surface area contributed by atoms with Gasteiger partial charge in [0.1, 0.15) is 0 Å². The fraction of sp³-hybridized carbons (Fsp3) is 0.750. The van der Waals surface area contributed by atoms with Crippen molar-refractivity contribution in [2.75, 3.05) is 6.54 Å². The van der Waals surface area contributed by atoms with Crippen LogP contribution >= 0.6 is 12.4 Å². The van der Waals surface area contributed by atoms with Crippen LogP contribution < -0.4 is 5.73 Å². The molecule has 1 atom stereocenters. The highest BCUT2D eigenvalue weighted by atomic mass is 35.5. The van der Waals surface area contributed by atoms with Gasteiger partial charge in [-0.05, 0) is 38.1 Å². The minimum atomic E-state index is 0. The Morgan fingerprint density at radius 2 is 2.20 bits per heavy atom. The molecule has 1 rings (SSSR count). The van der Waals surface area contributed by atoms with Crippen LogP contribution in [0, 0.1) is 5.92 Å². The third-order valence-electron chi connectivity index (χ3n) is 1.95. The van der Waals surface area contributed by atoms with Gasteiger partial charge in [0.2, 0.25) is 0 Å². The van der Waals surface area contributed by atoms with E-state index in [9.17, 15) is 0 Å². The summed E-state index contributed by atoms with van der Waals surface area (Å²) in [5.74, 6) is 0.889. The van der Waals surface area contributed by atoms with Crippen molar-refractivity contribution in [2.45, 2.75) is 25.7 Å². The van der Waals surface area contributed by atoms with Gasteiger partial charge in [-0.1, -0.05) is 12.2 Å². The van der Waals surface area contributed by atoms with Gasteiger partial charge in [0.05, 0.1) is 0 Å². The fourth-order valence-electron chi connectivity index (χ4n) is 1.35. The van der Waals surface area contributed by atoms with Gasteiger partial charge in [-0.15, -0.1) is 12.4 Å². The van der Waals surface area contributed by atoms with E-state index in [1.165, 1.54) is 25.7 Å². The number of rotatable bonds is 2. The predicted molar refractivity (Wildman–Crippen MR) is 47.4 cm³/mol. The lowest BCUT2D eigenvalue weighted by Crippen LogP contribution is -2.09. The summed E-state index contributed by atoms with van der Waals surface area (Å²) in [6.07, 6.45) is 9.65. The average Bonchev–Trinajstić information content (AvgIpc) is 1.91. The van der Waals surface area contributed by atoms with Crippen LogP contribution in [-0.4, -0.2) is 6.54 Å². The largest absolute Gasteiger partial charge is 0.330 e. The number of allylic oxidation sites excluding steroid dienone is 2. The summed E-state index contributed by atoms with van der Waals surface area (Å²) in [5, 5.41) is 0. The van der Waals surface area contributed by atoms with Gasteiger partial charge in [-0.3, -0.25) is 0 Å². The van der Waals surface area contributed by atoms with E-state index in [1.54, 1.807) is 0 Å². The fourth-order valence-corrected chi connectivity index (χ4v) is 1.35. The summed E-state index contributed by atoms with van der Waals surface area (Å²) in [4.78, 5) is 0. The van der Waals surface area contributed by atoms with Crippen LogP contribution in [0.3, 0.4) is 0 Å². The molecule has 2 heteroatoms. The summed E-state index contributed by atoms with van der Waals surface area (Å²) < 4.78 is 0. The molecule has 1 unspecified atom stereocenters. The van der Waals surface area contributed by atoms with Crippen LogP contribution in [0.2, 0.25) is 0 Å². The van der Waals surface area contributed by atoms with Crippen molar-refractivity contribution in [3.63, 3.8) is 0 Å². The number of hydrogen-bond donors (Lipinski definition) is 1. The lowest BCUT2D eigenvalue weighted by Gasteiger charge is -2.15. The molecule has 0 heterocycles. The topological polar surface area (TPSA) is 26.0 Å².